The van der Waals surface area contributed by atoms with Crippen molar-refractivity contribution in [1.82, 2.24) is 34.4 Å². The molecule has 38 heavy (non-hydrogen) atoms. The largest absolute Gasteiger partial charge is 0.481 e. The van der Waals surface area contributed by atoms with Gasteiger partial charge in [0.15, 0.2) is 11.6 Å². The Morgan fingerprint density at radius 2 is 1.76 bits per heavy atom. The molecule has 1 saturated heterocycles. The molecule has 0 aliphatic carbocycles. The summed E-state index contributed by atoms with van der Waals surface area (Å²) in [6.07, 6.45) is 5.47. The van der Waals surface area contributed by atoms with Crippen molar-refractivity contribution in [2.24, 2.45) is 0 Å². The summed E-state index contributed by atoms with van der Waals surface area (Å²) >= 11 is 0. The molecule has 5 heterocycles. The number of nitrogens with one attached hydrogen (secondary N) is 1. The zero-order chi connectivity index (χ0) is 27.5. The Kier molecular flexibility index (Phi) is 10.9. The maximum absolute atomic E-state index is 14.4. The fourth-order valence-electron chi connectivity index (χ4n) is 4.09. The molecule has 0 saturated carbocycles. The molecule has 1 aliphatic rings. The number of nitrogens with zero attached hydrogens (tertiary/aromatic N) is 7. The van der Waals surface area contributed by atoms with Gasteiger partial charge in [0.2, 0.25) is 11.7 Å². The number of hydrogen-bond donors (Lipinski definition) is 1. The molecule has 10 heteroatoms. The second-order valence-electron chi connectivity index (χ2n) is 8.36. The van der Waals surface area contributed by atoms with Crippen LogP contribution in [0.25, 0.3) is 17.0 Å². The summed E-state index contributed by atoms with van der Waals surface area (Å²) in [5.41, 5.74) is 2.77. The Bertz CT molecular complexity index is 1290. The molecule has 0 unspecified atom stereocenters. The van der Waals surface area contributed by atoms with Gasteiger partial charge in [-0.15, -0.1) is 5.10 Å². The summed E-state index contributed by atoms with van der Waals surface area (Å²) in [4.78, 5) is 17.9. The predicted octanol–water partition coefficient (Wildman–Crippen LogP) is 4.92. The average Bonchev–Trinajstić information content (AvgIpc) is 3.39. The summed E-state index contributed by atoms with van der Waals surface area (Å²) in [6.45, 7) is 13.2. The molecule has 0 amide bonds. The molecule has 1 N–H and O–H groups in total. The van der Waals surface area contributed by atoms with Crippen molar-refractivity contribution in [2.75, 3.05) is 52.2 Å². The molecule has 5 rings (SSSR count). The minimum atomic E-state index is -0.453. The standard InChI is InChI=1S/C24H27FN8O.2C2H6/c1-31-12-14-32(15-13-31)10-7-17-8-11-33-22(17)24(28-19-6-9-26-16-18(19)25)29-23(30-33)20-4-3-5-21(27-20)34-2;2*1-2/h3-6,8-9,11,16H,7,10,12-15H2,1-2H3,(H,26,28,29,30);2*1-2H3. The van der Waals surface area contributed by atoms with Gasteiger partial charge in [0.05, 0.1) is 19.0 Å². The summed E-state index contributed by atoms with van der Waals surface area (Å²) in [7, 11) is 3.72. The van der Waals surface area contributed by atoms with Crippen molar-refractivity contribution in [3.05, 3.63) is 60.3 Å². The number of methoxy groups -OCH3 is 1. The van der Waals surface area contributed by atoms with E-state index in [2.05, 4.69) is 38.2 Å². The number of likely N-dealkylation sites (N-methyl/N-ethyl adjacent to an activating group) is 1. The van der Waals surface area contributed by atoms with Crippen LogP contribution in [0, 0.1) is 5.82 Å². The minimum Gasteiger partial charge on any atom is -0.481 e. The second kappa shape index (κ2) is 14.3. The number of pyridine rings is 2. The predicted molar refractivity (Wildman–Crippen MR) is 151 cm³/mol. The highest BCUT2D eigenvalue weighted by Crippen LogP contribution is 2.28. The van der Waals surface area contributed by atoms with Gasteiger partial charge in [0, 0.05) is 51.2 Å². The molecule has 4 aromatic rings. The Hall–Kier alpha value is -3.63. The Balaban J connectivity index is 0.000000956. The van der Waals surface area contributed by atoms with Crippen molar-refractivity contribution in [1.29, 1.82) is 0 Å². The van der Waals surface area contributed by atoms with E-state index in [0.717, 1.165) is 50.2 Å². The van der Waals surface area contributed by atoms with Crippen LogP contribution in [0.1, 0.15) is 33.3 Å². The summed E-state index contributed by atoms with van der Waals surface area (Å²) in [5, 5.41) is 7.85. The van der Waals surface area contributed by atoms with Crippen LogP contribution in [0.5, 0.6) is 5.88 Å². The molecule has 0 spiro atoms. The van der Waals surface area contributed by atoms with Gasteiger partial charge in [-0.25, -0.2) is 18.9 Å². The van der Waals surface area contributed by atoms with Crippen molar-refractivity contribution < 1.29 is 9.13 Å². The number of rotatable bonds is 7. The number of halogens is 1. The van der Waals surface area contributed by atoms with Crippen LogP contribution in [0.2, 0.25) is 0 Å². The number of aromatic nitrogens is 5. The Labute approximate surface area is 224 Å². The third kappa shape index (κ3) is 7.02. The van der Waals surface area contributed by atoms with Crippen LogP contribution in [-0.2, 0) is 6.42 Å². The topological polar surface area (TPSA) is 83.7 Å². The maximum atomic E-state index is 14.4. The lowest BCUT2D eigenvalue weighted by Gasteiger charge is -2.32. The quantitative estimate of drug-likeness (QED) is 0.366. The Morgan fingerprint density at radius 1 is 1.00 bits per heavy atom. The van der Waals surface area contributed by atoms with Crippen molar-refractivity contribution in [3.63, 3.8) is 0 Å². The molecule has 0 radical (unpaired) electrons. The Morgan fingerprint density at radius 3 is 2.47 bits per heavy atom. The molecule has 1 aliphatic heterocycles. The number of ether oxygens (including phenoxy) is 1. The first-order valence-corrected chi connectivity index (χ1v) is 13.3. The third-order valence-electron chi connectivity index (χ3n) is 6.08. The molecule has 1 fully saturated rings. The highest BCUT2D eigenvalue weighted by Gasteiger charge is 2.18. The van der Waals surface area contributed by atoms with E-state index in [1.807, 2.05) is 46.0 Å². The number of hydrogen-bond acceptors (Lipinski definition) is 8. The van der Waals surface area contributed by atoms with Crippen molar-refractivity contribution >= 4 is 17.0 Å². The van der Waals surface area contributed by atoms with E-state index in [4.69, 9.17) is 14.8 Å². The van der Waals surface area contributed by atoms with Crippen LogP contribution in [-0.4, -0.2) is 81.2 Å². The summed E-state index contributed by atoms with van der Waals surface area (Å²) in [6, 6.07) is 9.06. The minimum absolute atomic E-state index is 0.298. The lowest BCUT2D eigenvalue weighted by Crippen LogP contribution is -2.45. The summed E-state index contributed by atoms with van der Waals surface area (Å²) < 4.78 is 21.5. The van der Waals surface area contributed by atoms with E-state index in [1.54, 1.807) is 30.0 Å². The van der Waals surface area contributed by atoms with Crippen LogP contribution < -0.4 is 10.1 Å². The van der Waals surface area contributed by atoms with Gasteiger partial charge in [-0.1, -0.05) is 33.8 Å². The van der Waals surface area contributed by atoms with Gasteiger partial charge in [0.25, 0.3) is 0 Å². The third-order valence-corrected chi connectivity index (χ3v) is 6.08. The molecular formula is C28H39FN8O. The fraction of sp³-hybridized carbons (Fsp3) is 0.429. The van der Waals surface area contributed by atoms with Crippen LogP contribution in [0.4, 0.5) is 15.9 Å². The lowest BCUT2D eigenvalue weighted by atomic mass is 10.1. The van der Waals surface area contributed by atoms with Crippen LogP contribution >= 0.6 is 0 Å². The fourth-order valence-corrected chi connectivity index (χ4v) is 4.09. The highest BCUT2D eigenvalue weighted by molar-refractivity contribution is 5.78. The monoisotopic (exact) mass is 522 g/mol. The maximum Gasteiger partial charge on any atom is 0.213 e. The number of fused-ring (bicyclic) bond motifs is 1. The molecule has 9 nitrogen and oxygen atoms in total. The SMILES string of the molecule is CC.CC.COc1cccc(-c2nc(Nc3ccncc3F)c3c(CCN4CCN(C)CC4)ccn3n2)n1. The van der Waals surface area contributed by atoms with E-state index in [1.165, 1.54) is 6.20 Å². The molecule has 0 aromatic carbocycles. The first-order chi connectivity index (χ1) is 18.6. The summed E-state index contributed by atoms with van der Waals surface area (Å²) in [5.74, 6) is 0.935. The highest BCUT2D eigenvalue weighted by atomic mass is 19.1. The number of piperazine rings is 1. The van der Waals surface area contributed by atoms with Crippen LogP contribution in [0.15, 0.2) is 48.9 Å². The van der Waals surface area contributed by atoms with Gasteiger partial charge < -0.3 is 19.9 Å². The van der Waals surface area contributed by atoms with Gasteiger partial charge >= 0.3 is 0 Å². The lowest BCUT2D eigenvalue weighted by molar-refractivity contribution is 0.155. The van der Waals surface area contributed by atoms with Crippen molar-refractivity contribution in [2.45, 2.75) is 34.1 Å². The van der Waals surface area contributed by atoms with E-state index in [9.17, 15) is 4.39 Å². The van der Waals surface area contributed by atoms with E-state index < -0.39 is 5.82 Å². The molecule has 0 bridgehead atoms. The van der Waals surface area contributed by atoms with Gasteiger partial charge in [-0.3, -0.25) is 4.98 Å². The normalized spacial score (nSPS) is 13.8. The van der Waals surface area contributed by atoms with E-state index >= 15 is 0 Å². The average molecular weight is 523 g/mol. The second-order valence-corrected chi connectivity index (χ2v) is 8.36. The van der Waals surface area contributed by atoms with Crippen molar-refractivity contribution in [3.8, 4) is 17.4 Å². The molecule has 204 valence electrons. The van der Waals surface area contributed by atoms with E-state index in [0.29, 0.717) is 28.9 Å². The van der Waals surface area contributed by atoms with Gasteiger partial charge in [-0.2, -0.15) is 0 Å². The zero-order valence-electron chi connectivity index (χ0n) is 23.3. The van der Waals surface area contributed by atoms with E-state index in [-0.39, 0.29) is 0 Å². The van der Waals surface area contributed by atoms with Gasteiger partial charge in [-0.05, 0) is 37.2 Å². The smallest absolute Gasteiger partial charge is 0.213 e. The van der Waals surface area contributed by atoms with Crippen LogP contribution in [0.3, 0.4) is 0 Å². The first kappa shape index (κ1) is 28.9. The van der Waals surface area contributed by atoms with Gasteiger partial charge in [0.1, 0.15) is 11.2 Å². The first-order valence-electron chi connectivity index (χ1n) is 13.3. The zero-order valence-corrected chi connectivity index (χ0v) is 23.3. The molecule has 0 atom stereocenters. The molecule has 4 aromatic heterocycles. The number of anilines is 2. The molecular weight excluding hydrogens is 483 g/mol.